The highest BCUT2D eigenvalue weighted by atomic mass is 16.5. The maximum atomic E-state index is 11.8. The van der Waals surface area contributed by atoms with Crippen molar-refractivity contribution in [2.45, 2.75) is 38.8 Å². The molecular formula is C14H18N2O3. The fourth-order valence-electron chi connectivity index (χ4n) is 1.83. The Morgan fingerprint density at radius 3 is 2.95 bits per heavy atom. The molecule has 0 unspecified atom stereocenters. The van der Waals surface area contributed by atoms with E-state index in [-0.39, 0.29) is 24.3 Å². The second-order valence-corrected chi connectivity index (χ2v) is 4.67. The maximum Gasteiger partial charge on any atom is 0.266 e. The number of nitrogens with one attached hydrogen (secondary N) is 2. The van der Waals surface area contributed by atoms with Gasteiger partial charge in [-0.25, -0.2) is 0 Å². The highest BCUT2D eigenvalue weighted by Crippen LogP contribution is 2.29. The van der Waals surface area contributed by atoms with E-state index in [4.69, 9.17) is 4.74 Å². The summed E-state index contributed by atoms with van der Waals surface area (Å²) >= 11 is 0. The SMILES string of the molecule is CC[C@H](C)NC(=O)C[C@H]1Oc2ccccc2NC1=O. The van der Waals surface area contributed by atoms with Crippen LogP contribution in [0.4, 0.5) is 5.69 Å². The van der Waals surface area contributed by atoms with Gasteiger partial charge in [-0.15, -0.1) is 0 Å². The van der Waals surface area contributed by atoms with E-state index in [0.29, 0.717) is 11.4 Å². The standard InChI is InChI=1S/C14H18N2O3/c1-3-9(2)15-13(17)8-12-14(18)16-10-6-4-5-7-11(10)19-12/h4-7,9,12H,3,8H2,1-2H3,(H,15,17)(H,16,18)/t9-,12+/m0/s1. The normalized spacial score (nSPS) is 18.8. The molecule has 1 heterocycles. The monoisotopic (exact) mass is 262 g/mol. The number of fused-ring (bicyclic) bond motifs is 1. The summed E-state index contributed by atoms with van der Waals surface area (Å²) < 4.78 is 5.56. The smallest absolute Gasteiger partial charge is 0.266 e. The second kappa shape index (κ2) is 5.73. The summed E-state index contributed by atoms with van der Waals surface area (Å²) in [6, 6.07) is 7.29. The van der Waals surface area contributed by atoms with Crippen molar-refractivity contribution >= 4 is 17.5 Å². The number of ether oxygens (including phenoxy) is 1. The molecule has 0 radical (unpaired) electrons. The van der Waals surface area contributed by atoms with E-state index in [1.54, 1.807) is 12.1 Å². The van der Waals surface area contributed by atoms with E-state index in [0.717, 1.165) is 6.42 Å². The molecule has 1 aliphatic heterocycles. The van der Waals surface area contributed by atoms with E-state index in [2.05, 4.69) is 10.6 Å². The van der Waals surface area contributed by atoms with Crippen LogP contribution in [0.2, 0.25) is 0 Å². The molecule has 5 heteroatoms. The number of hydrogen-bond donors (Lipinski definition) is 2. The van der Waals surface area contributed by atoms with Crippen molar-refractivity contribution in [3.8, 4) is 5.75 Å². The lowest BCUT2D eigenvalue weighted by Crippen LogP contribution is -2.42. The van der Waals surface area contributed by atoms with Gasteiger partial charge in [0.2, 0.25) is 5.91 Å². The van der Waals surface area contributed by atoms with Crippen molar-refractivity contribution in [1.29, 1.82) is 0 Å². The highest BCUT2D eigenvalue weighted by Gasteiger charge is 2.29. The minimum absolute atomic E-state index is 0.0322. The summed E-state index contributed by atoms with van der Waals surface area (Å²) in [5.74, 6) is 0.148. The number of anilines is 1. The number of carbonyl (C=O) groups excluding carboxylic acids is 2. The largest absolute Gasteiger partial charge is 0.478 e. The summed E-state index contributed by atoms with van der Waals surface area (Å²) in [4.78, 5) is 23.6. The number of amides is 2. The molecule has 0 fully saturated rings. The molecule has 0 saturated carbocycles. The average molecular weight is 262 g/mol. The third-order valence-electron chi connectivity index (χ3n) is 3.10. The molecule has 0 aromatic heterocycles. The van der Waals surface area contributed by atoms with Crippen molar-refractivity contribution in [2.75, 3.05) is 5.32 Å². The zero-order valence-electron chi connectivity index (χ0n) is 11.1. The Morgan fingerprint density at radius 1 is 1.47 bits per heavy atom. The predicted molar refractivity (Wildman–Crippen MR) is 72.0 cm³/mol. The molecule has 1 aliphatic rings. The lowest BCUT2D eigenvalue weighted by Gasteiger charge is -2.25. The van der Waals surface area contributed by atoms with Gasteiger partial charge in [-0.3, -0.25) is 9.59 Å². The molecule has 2 atom stereocenters. The van der Waals surface area contributed by atoms with Gasteiger partial charge in [-0.1, -0.05) is 19.1 Å². The minimum Gasteiger partial charge on any atom is -0.478 e. The molecule has 1 aromatic carbocycles. The Labute approximate surface area is 112 Å². The van der Waals surface area contributed by atoms with Gasteiger partial charge in [0.1, 0.15) is 5.75 Å². The van der Waals surface area contributed by atoms with Crippen molar-refractivity contribution in [3.63, 3.8) is 0 Å². The lowest BCUT2D eigenvalue weighted by atomic mass is 10.1. The minimum atomic E-state index is -0.765. The van der Waals surface area contributed by atoms with Crippen LogP contribution in [0.1, 0.15) is 26.7 Å². The lowest BCUT2D eigenvalue weighted by molar-refractivity contribution is -0.130. The molecule has 2 rings (SSSR count). The Bertz CT molecular complexity index is 487. The number of para-hydroxylation sites is 2. The van der Waals surface area contributed by atoms with E-state index >= 15 is 0 Å². The third kappa shape index (κ3) is 3.24. The third-order valence-corrected chi connectivity index (χ3v) is 3.10. The first-order chi connectivity index (χ1) is 9.10. The molecular weight excluding hydrogens is 244 g/mol. The molecule has 5 nitrogen and oxygen atoms in total. The first-order valence-electron chi connectivity index (χ1n) is 6.46. The Balaban J connectivity index is 1.99. The van der Waals surface area contributed by atoms with E-state index in [1.165, 1.54) is 0 Å². The van der Waals surface area contributed by atoms with Gasteiger partial charge in [-0.05, 0) is 25.5 Å². The second-order valence-electron chi connectivity index (χ2n) is 4.67. The molecule has 0 spiro atoms. The van der Waals surface area contributed by atoms with Crippen molar-refractivity contribution in [1.82, 2.24) is 5.32 Å². The topological polar surface area (TPSA) is 67.4 Å². The number of carbonyl (C=O) groups is 2. The molecule has 0 bridgehead atoms. The molecule has 0 saturated heterocycles. The predicted octanol–water partition coefficient (Wildman–Crippen LogP) is 1.69. The highest BCUT2D eigenvalue weighted by molar-refractivity contribution is 5.99. The molecule has 2 N–H and O–H groups in total. The van der Waals surface area contributed by atoms with Gasteiger partial charge >= 0.3 is 0 Å². The van der Waals surface area contributed by atoms with Gasteiger partial charge in [0.25, 0.3) is 5.91 Å². The Hall–Kier alpha value is -2.04. The zero-order chi connectivity index (χ0) is 13.8. The van der Waals surface area contributed by atoms with Gasteiger partial charge in [-0.2, -0.15) is 0 Å². The Morgan fingerprint density at radius 2 is 2.21 bits per heavy atom. The van der Waals surface area contributed by atoms with E-state index < -0.39 is 6.10 Å². The summed E-state index contributed by atoms with van der Waals surface area (Å²) in [7, 11) is 0. The van der Waals surface area contributed by atoms with Crippen LogP contribution in [0.5, 0.6) is 5.75 Å². The van der Waals surface area contributed by atoms with Crippen LogP contribution < -0.4 is 15.4 Å². The van der Waals surface area contributed by atoms with Gasteiger partial charge < -0.3 is 15.4 Å². The summed E-state index contributed by atoms with van der Waals surface area (Å²) in [5.41, 5.74) is 0.645. The molecule has 102 valence electrons. The average Bonchev–Trinajstić information content (AvgIpc) is 2.39. The van der Waals surface area contributed by atoms with Crippen LogP contribution in [0, 0.1) is 0 Å². The van der Waals surface area contributed by atoms with Crippen LogP contribution in [0.25, 0.3) is 0 Å². The van der Waals surface area contributed by atoms with Gasteiger partial charge in [0.05, 0.1) is 12.1 Å². The quantitative estimate of drug-likeness (QED) is 0.867. The van der Waals surface area contributed by atoms with Crippen molar-refractivity contribution in [3.05, 3.63) is 24.3 Å². The zero-order valence-corrected chi connectivity index (χ0v) is 11.1. The molecule has 0 aliphatic carbocycles. The maximum absolute atomic E-state index is 11.8. The summed E-state index contributed by atoms with van der Waals surface area (Å²) in [5, 5.41) is 5.56. The summed E-state index contributed by atoms with van der Waals surface area (Å²) in [6.45, 7) is 3.92. The number of hydrogen-bond acceptors (Lipinski definition) is 3. The van der Waals surface area contributed by atoms with Crippen LogP contribution >= 0.6 is 0 Å². The van der Waals surface area contributed by atoms with Crippen LogP contribution in [0.3, 0.4) is 0 Å². The first-order valence-corrected chi connectivity index (χ1v) is 6.46. The van der Waals surface area contributed by atoms with Crippen molar-refractivity contribution in [2.24, 2.45) is 0 Å². The molecule has 1 aromatic rings. The van der Waals surface area contributed by atoms with Crippen LogP contribution in [-0.4, -0.2) is 24.0 Å². The van der Waals surface area contributed by atoms with E-state index in [9.17, 15) is 9.59 Å². The fraction of sp³-hybridized carbons (Fsp3) is 0.429. The van der Waals surface area contributed by atoms with Crippen LogP contribution in [0.15, 0.2) is 24.3 Å². The Kier molecular flexibility index (Phi) is 4.04. The molecule has 19 heavy (non-hydrogen) atoms. The summed E-state index contributed by atoms with van der Waals surface area (Å²) in [6.07, 6.45) is 0.121. The van der Waals surface area contributed by atoms with Gasteiger partial charge in [0.15, 0.2) is 6.10 Å². The first kappa shape index (κ1) is 13.4. The van der Waals surface area contributed by atoms with Gasteiger partial charge in [0, 0.05) is 6.04 Å². The number of benzene rings is 1. The van der Waals surface area contributed by atoms with Crippen LogP contribution in [-0.2, 0) is 9.59 Å². The number of rotatable bonds is 4. The molecule has 2 amide bonds. The van der Waals surface area contributed by atoms with E-state index in [1.807, 2.05) is 26.0 Å². The fourth-order valence-corrected chi connectivity index (χ4v) is 1.83. The van der Waals surface area contributed by atoms with Crippen molar-refractivity contribution < 1.29 is 14.3 Å².